The standard InChI is InChI=1S/C21H21ClN6O2S/c1-13(2)14-7-9-15(10-8-14)29-11-19-25-26-21(28(19)23)31-12-18-24-20(30-27-18)16-5-3-4-6-17(16)22/h3-10,13H,11-12,23H2,1-2H3. The van der Waals surface area contributed by atoms with Crippen LogP contribution in [0.15, 0.2) is 58.2 Å². The van der Waals surface area contributed by atoms with Gasteiger partial charge in [0.25, 0.3) is 5.89 Å². The Bertz CT molecular complexity index is 1160. The molecular formula is C21H21ClN6O2S. The van der Waals surface area contributed by atoms with Crippen molar-refractivity contribution in [1.82, 2.24) is 25.0 Å². The summed E-state index contributed by atoms with van der Waals surface area (Å²) in [4.78, 5) is 4.38. The van der Waals surface area contributed by atoms with Crippen LogP contribution >= 0.6 is 23.4 Å². The van der Waals surface area contributed by atoms with Crippen LogP contribution in [0.4, 0.5) is 0 Å². The molecule has 0 bridgehead atoms. The van der Waals surface area contributed by atoms with Crippen molar-refractivity contribution in [3.8, 4) is 17.2 Å². The second-order valence-electron chi connectivity index (χ2n) is 7.07. The van der Waals surface area contributed by atoms with Gasteiger partial charge >= 0.3 is 0 Å². The fraction of sp³-hybridized carbons (Fsp3) is 0.238. The molecule has 0 saturated heterocycles. The van der Waals surface area contributed by atoms with Crippen LogP contribution in [0.2, 0.25) is 5.02 Å². The Balaban J connectivity index is 1.35. The summed E-state index contributed by atoms with van der Waals surface area (Å²) in [7, 11) is 0. The molecule has 10 heteroatoms. The van der Waals surface area contributed by atoms with Crippen LogP contribution in [-0.2, 0) is 12.4 Å². The molecule has 2 heterocycles. The Morgan fingerprint density at radius 1 is 1.13 bits per heavy atom. The van der Waals surface area contributed by atoms with E-state index in [0.717, 1.165) is 5.75 Å². The molecule has 0 spiro atoms. The number of nitrogen functional groups attached to an aromatic ring is 1. The molecular weight excluding hydrogens is 436 g/mol. The second-order valence-corrected chi connectivity index (χ2v) is 8.42. The van der Waals surface area contributed by atoms with Gasteiger partial charge in [-0.2, -0.15) is 4.98 Å². The van der Waals surface area contributed by atoms with Gasteiger partial charge < -0.3 is 15.1 Å². The van der Waals surface area contributed by atoms with Crippen LogP contribution in [0.1, 0.15) is 37.0 Å². The lowest BCUT2D eigenvalue weighted by Gasteiger charge is -2.08. The predicted molar refractivity (Wildman–Crippen MR) is 119 cm³/mol. The summed E-state index contributed by atoms with van der Waals surface area (Å²) in [5.74, 6) is 9.15. The van der Waals surface area contributed by atoms with Crippen molar-refractivity contribution in [2.75, 3.05) is 5.84 Å². The van der Waals surface area contributed by atoms with Crippen molar-refractivity contribution < 1.29 is 9.26 Å². The topological polar surface area (TPSA) is 105 Å². The van der Waals surface area contributed by atoms with E-state index >= 15 is 0 Å². The molecule has 0 aliphatic rings. The van der Waals surface area contributed by atoms with E-state index < -0.39 is 0 Å². The molecule has 2 N–H and O–H groups in total. The maximum atomic E-state index is 6.18. The molecule has 0 aliphatic carbocycles. The Hall–Kier alpha value is -3.04. The Morgan fingerprint density at radius 3 is 2.65 bits per heavy atom. The van der Waals surface area contributed by atoms with Crippen molar-refractivity contribution in [2.24, 2.45) is 0 Å². The van der Waals surface area contributed by atoms with Gasteiger partial charge in [-0.05, 0) is 35.7 Å². The summed E-state index contributed by atoms with van der Waals surface area (Å²) in [5, 5.41) is 13.3. The monoisotopic (exact) mass is 456 g/mol. The molecule has 0 saturated carbocycles. The van der Waals surface area contributed by atoms with Gasteiger partial charge in [0.1, 0.15) is 12.4 Å². The highest BCUT2D eigenvalue weighted by molar-refractivity contribution is 7.98. The van der Waals surface area contributed by atoms with Gasteiger partial charge in [-0.25, -0.2) is 4.68 Å². The van der Waals surface area contributed by atoms with Crippen molar-refractivity contribution >= 4 is 23.4 Å². The Kier molecular flexibility index (Phi) is 6.43. The minimum Gasteiger partial charge on any atom is -0.486 e. The summed E-state index contributed by atoms with van der Waals surface area (Å²) in [5.41, 5.74) is 1.95. The molecule has 0 aliphatic heterocycles. The number of benzene rings is 2. The van der Waals surface area contributed by atoms with E-state index in [1.54, 1.807) is 6.07 Å². The summed E-state index contributed by atoms with van der Waals surface area (Å²) < 4.78 is 12.5. The average molecular weight is 457 g/mol. The summed E-state index contributed by atoms with van der Waals surface area (Å²) in [6.45, 7) is 4.51. The highest BCUT2D eigenvalue weighted by Gasteiger charge is 2.15. The van der Waals surface area contributed by atoms with Crippen LogP contribution in [0.5, 0.6) is 5.75 Å². The molecule has 160 valence electrons. The third-order valence-corrected chi connectivity index (χ3v) is 5.82. The highest BCUT2D eigenvalue weighted by Crippen LogP contribution is 2.27. The number of nitrogens with two attached hydrogens (primary N) is 1. The summed E-state index contributed by atoms with van der Waals surface area (Å²) >= 11 is 7.53. The van der Waals surface area contributed by atoms with Gasteiger partial charge in [0, 0.05) is 0 Å². The number of ether oxygens (including phenoxy) is 1. The molecule has 31 heavy (non-hydrogen) atoms. The van der Waals surface area contributed by atoms with Gasteiger partial charge in [0.2, 0.25) is 5.16 Å². The molecule has 8 nitrogen and oxygen atoms in total. The fourth-order valence-corrected chi connectivity index (χ4v) is 3.72. The zero-order chi connectivity index (χ0) is 21.8. The van der Waals surface area contributed by atoms with E-state index in [9.17, 15) is 0 Å². The van der Waals surface area contributed by atoms with Crippen molar-refractivity contribution in [3.05, 3.63) is 70.8 Å². The molecule has 0 amide bonds. The van der Waals surface area contributed by atoms with Crippen LogP contribution in [0.25, 0.3) is 11.5 Å². The van der Waals surface area contributed by atoms with E-state index in [4.69, 9.17) is 26.7 Å². The predicted octanol–water partition coefficient (Wildman–Crippen LogP) is 4.69. The Morgan fingerprint density at radius 2 is 1.90 bits per heavy atom. The number of rotatable bonds is 8. The lowest BCUT2D eigenvalue weighted by molar-refractivity contribution is 0.291. The van der Waals surface area contributed by atoms with Gasteiger partial charge in [-0.3, -0.25) is 0 Å². The van der Waals surface area contributed by atoms with Crippen LogP contribution in [0.3, 0.4) is 0 Å². The summed E-state index contributed by atoms with van der Waals surface area (Å²) in [6.07, 6.45) is 0. The first-order valence-corrected chi connectivity index (χ1v) is 11.0. The van der Waals surface area contributed by atoms with Crippen LogP contribution < -0.4 is 10.6 Å². The molecule has 4 aromatic rings. The lowest BCUT2D eigenvalue weighted by Crippen LogP contribution is -2.15. The zero-order valence-corrected chi connectivity index (χ0v) is 18.6. The second kappa shape index (κ2) is 9.40. The first-order chi connectivity index (χ1) is 15.0. The maximum Gasteiger partial charge on any atom is 0.259 e. The van der Waals surface area contributed by atoms with Gasteiger partial charge in [-0.1, -0.05) is 66.6 Å². The molecule has 0 fully saturated rings. The number of nitrogens with zero attached hydrogens (tertiary/aromatic N) is 5. The van der Waals surface area contributed by atoms with E-state index in [2.05, 4.69) is 46.3 Å². The zero-order valence-electron chi connectivity index (χ0n) is 17.0. The lowest BCUT2D eigenvalue weighted by atomic mass is 10.0. The SMILES string of the molecule is CC(C)c1ccc(OCc2nnc(SCc3noc(-c4ccccc4Cl)n3)n2N)cc1. The molecule has 0 radical (unpaired) electrons. The molecule has 0 unspecified atom stereocenters. The number of thioether (sulfide) groups is 1. The first kappa shape index (κ1) is 21.2. The number of aromatic nitrogens is 5. The van der Waals surface area contributed by atoms with Crippen molar-refractivity contribution in [3.63, 3.8) is 0 Å². The minimum absolute atomic E-state index is 0.212. The number of hydrogen-bond acceptors (Lipinski definition) is 8. The summed E-state index contributed by atoms with van der Waals surface area (Å²) in [6, 6.07) is 15.3. The van der Waals surface area contributed by atoms with Gasteiger partial charge in [0.05, 0.1) is 16.3 Å². The highest BCUT2D eigenvalue weighted by atomic mass is 35.5. The van der Waals surface area contributed by atoms with Gasteiger partial charge in [0.15, 0.2) is 11.6 Å². The van der Waals surface area contributed by atoms with E-state index in [1.165, 1.54) is 22.0 Å². The van der Waals surface area contributed by atoms with E-state index in [1.807, 2.05) is 30.3 Å². The van der Waals surface area contributed by atoms with Gasteiger partial charge in [-0.15, -0.1) is 10.2 Å². The van der Waals surface area contributed by atoms with Crippen molar-refractivity contribution in [2.45, 2.75) is 37.3 Å². The average Bonchev–Trinajstić information content (AvgIpc) is 3.38. The largest absolute Gasteiger partial charge is 0.486 e. The third-order valence-electron chi connectivity index (χ3n) is 4.55. The van der Waals surface area contributed by atoms with Crippen LogP contribution in [0, 0.1) is 0 Å². The smallest absolute Gasteiger partial charge is 0.259 e. The molecule has 0 atom stereocenters. The maximum absolute atomic E-state index is 6.18. The Labute approximate surface area is 188 Å². The first-order valence-electron chi connectivity index (χ1n) is 9.63. The fourth-order valence-electron chi connectivity index (χ4n) is 2.79. The molecule has 4 rings (SSSR count). The van der Waals surface area contributed by atoms with Crippen LogP contribution in [-0.4, -0.2) is 25.0 Å². The van der Waals surface area contributed by atoms with E-state index in [-0.39, 0.29) is 6.61 Å². The minimum atomic E-state index is 0.212. The van der Waals surface area contributed by atoms with E-state index in [0.29, 0.717) is 45.0 Å². The molecule has 2 aromatic carbocycles. The third kappa shape index (κ3) is 5.00. The normalized spacial score (nSPS) is 11.2. The number of halogens is 1. The number of hydrogen-bond donors (Lipinski definition) is 1. The molecule has 2 aromatic heterocycles. The quantitative estimate of drug-likeness (QED) is 0.300. The van der Waals surface area contributed by atoms with Crippen molar-refractivity contribution in [1.29, 1.82) is 0 Å².